The molecule has 4 nitrogen and oxygen atoms in total. The largest absolute Gasteiger partial charge is 0.531 e. The van der Waals surface area contributed by atoms with E-state index in [1.54, 1.807) is 0 Å². The molecule has 0 radical (unpaired) electrons. The van der Waals surface area contributed by atoms with Crippen molar-refractivity contribution in [2.75, 3.05) is 6.61 Å². The zero-order valence-corrected chi connectivity index (χ0v) is 18.4. The van der Waals surface area contributed by atoms with Gasteiger partial charge in [-0.15, -0.1) is 13.2 Å². The number of rotatable bonds is 10. The van der Waals surface area contributed by atoms with E-state index >= 15 is 0 Å². The zero-order chi connectivity index (χ0) is 21.8. The number of phosphoric acid groups is 1. The van der Waals surface area contributed by atoms with E-state index in [0.717, 1.165) is 18.4 Å². The fourth-order valence-electron chi connectivity index (χ4n) is 2.64. The second-order valence-electron chi connectivity index (χ2n) is 8.34. The molecule has 1 rings (SSSR count). The molecule has 8 heteroatoms. The summed E-state index contributed by atoms with van der Waals surface area (Å²) in [4.78, 5) is 9.10. The molecule has 1 N–H and O–H groups in total. The van der Waals surface area contributed by atoms with Crippen LogP contribution in [0.25, 0.3) is 0 Å². The van der Waals surface area contributed by atoms with E-state index in [1.165, 1.54) is 11.1 Å². The van der Waals surface area contributed by atoms with E-state index in [9.17, 15) is 17.7 Å². The molecule has 1 aromatic carbocycles. The number of hydrogen-bond acceptors (Lipinski definition) is 3. The number of phosphoric ester groups is 1. The Bertz CT molecular complexity index is 665. The predicted octanol–water partition coefficient (Wildman–Crippen LogP) is 6.65. The highest BCUT2D eigenvalue weighted by Crippen LogP contribution is 2.48. The molecule has 0 aliphatic carbocycles. The van der Waals surface area contributed by atoms with Crippen LogP contribution in [0, 0.1) is 0 Å². The first-order chi connectivity index (χ1) is 12.6. The molecule has 162 valence electrons. The summed E-state index contributed by atoms with van der Waals surface area (Å²) in [5.74, 6) is 0. The van der Waals surface area contributed by atoms with Crippen LogP contribution in [0.5, 0.6) is 0 Å². The Kier molecular flexibility index (Phi) is 8.35. The summed E-state index contributed by atoms with van der Waals surface area (Å²) in [7, 11) is -5.14. The van der Waals surface area contributed by atoms with Gasteiger partial charge in [0.2, 0.25) is 0 Å². The van der Waals surface area contributed by atoms with Crippen molar-refractivity contribution in [3.63, 3.8) is 0 Å². The highest BCUT2D eigenvalue weighted by Gasteiger charge is 2.40. The molecule has 0 saturated heterocycles. The summed E-state index contributed by atoms with van der Waals surface area (Å²) in [6, 6.07) is 6.43. The Labute approximate surface area is 166 Å². The number of hydrogen-bond donors (Lipinski definition) is 1. The first-order valence-electron chi connectivity index (χ1n) is 9.51. The second-order valence-corrected chi connectivity index (χ2v) is 9.71. The van der Waals surface area contributed by atoms with Crippen LogP contribution >= 0.6 is 7.82 Å². The molecule has 0 aliphatic heterocycles. The topological polar surface area (TPSA) is 55.8 Å². The van der Waals surface area contributed by atoms with Crippen molar-refractivity contribution >= 4 is 7.82 Å². The van der Waals surface area contributed by atoms with Gasteiger partial charge in [0.15, 0.2) is 0 Å². The average Bonchev–Trinajstić information content (AvgIpc) is 2.56. The summed E-state index contributed by atoms with van der Waals surface area (Å²) >= 11 is 0. The van der Waals surface area contributed by atoms with E-state index in [-0.39, 0.29) is 17.4 Å². The minimum Gasteiger partial charge on any atom is -0.302 e. The Morgan fingerprint density at radius 3 is 1.82 bits per heavy atom. The molecule has 1 atom stereocenters. The van der Waals surface area contributed by atoms with Crippen LogP contribution < -0.4 is 0 Å². The summed E-state index contributed by atoms with van der Waals surface area (Å²) in [6.45, 7) is 12.7. The Balaban J connectivity index is 2.92. The van der Waals surface area contributed by atoms with E-state index in [2.05, 4.69) is 68.8 Å². The molecule has 0 spiro atoms. The van der Waals surface area contributed by atoms with Gasteiger partial charge >= 0.3 is 14.2 Å². The maximum atomic E-state index is 12.1. The van der Waals surface area contributed by atoms with E-state index < -0.39 is 14.2 Å². The number of halogens is 3. The van der Waals surface area contributed by atoms with Gasteiger partial charge in [-0.05, 0) is 53.2 Å². The lowest BCUT2D eigenvalue weighted by molar-refractivity contribution is -0.282. The lowest BCUT2D eigenvalue weighted by atomic mass is 9.75. The molecule has 0 aromatic heterocycles. The predicted molar refractivity (Wildman–Crippen MR) is 104 cm³/mol. The van der Waals surface area contributed by atoms with Gasteiger partial charge in [0.05, 0.1) is 6.61 Å². The number of alkyl halides is 3. The monoisotopic (exact) mass is 424 g/mol. The van der Waals surface area contributed by atoms with Gasteiger partial charge in [0.25, 0.3) is 0 Å². The third-order valence-electron chi connectivity index (χ3n) is 5.41. The van der Waals surface area contributed by atoms with Crippen molar-refractivity contribution in [2.24, 2.45) is 0 Å². The van der Waals surface area contributed by atoms with Crippen LogP contribution in [0.15, 0.2) is 18.2 Å². The molecule has 0 amide bonds. The lowest BCUT2D eigenvalue weighted by Gasteiger charge is -2.29. The fraction of sp³-hybridized carbons (Fsp3) is 0.700. The van der Waals surface area contributed by atoms with Crippen molar-refractivity contribution < 1.29 is 31.7 Å². The summed E-state index contributed by atoms with van der Waals surface area (Å²) in [6.07, 6.45) is -2.47. The van der Waals surface area contributed by atoms with Crippen molar-refractivity contribution in [2.45, 2.75) is 84.4 Å². The maximum Gasteiger partial charge on any atom is 0.531 e. The number of benzene rings is 1. The van der Waals surface area contributed by atoms with Gasteiger partial charge in [-0.2, -0.15) is 4.52 Å². The summed E-state index contributed by atoms with van der Waals surface area (Å²) in [5, 5.41) is 0. The normalized spacial score (nSPS) is 15.5. The molecule has 28 heavy (non-hydrogen) atoms. The molecule has 0 bridgehead atoms. The van der Waals surface area contributed by atoms with Crippen LogP contribution in [-0.4, -0.2) is 17.9 Å². The zero-order valence-electron chi connectivity index (χ0n) is 17.5. The minimum atomic E-state index is -5.22. The van der Waals surface area contributed by atoms with Gasteiger partial charge in [0, 0.05) is 0 Å². The standard InChI is InChI=1S/C20H32F3O4P/c1-7-18(3,4)16-12-15(13-17(14-16)19(5,6)8-2)10-9-11-26-28(24,25)27-20(21,22)23/h12-14H,7-11H2,1-6H3,(H,24,25). The number of aryl methyl sites for hydroxylation is 1. The Hall–Kier alpha value is -0.880. The SMILES string of the molecule is CCC(C)(C)c1cc(CCCOP(=O)(O)OC(F)(F)F)cc(C(C)(C)CC)c1. The molecule has 0 fully saturated rings. The lowest BCUT2D eigenvalue weighted by Crippen LogP contribution is -2.20. The smallest absolute Gasteiger partial charge is 0.302 e. The van der Waals surface area contributed by atoms with Crippen LogP contribution in [0.4, 0.5) is 13.2 Å². The molecule has 1 aromatic rings. The van der Waals surface area contributed by atoms with Crippen molar-refractivity contribution in [3.8, 4) is 0 Å². The molecular formula is C20H32F3O4P. The maximum absolute atomic E-state index is 12.1. The van der Waals surface area contributed by atoms with E-state index in [0.29, 0.717) is 12.8 Å². The van der Waals surface area contributed by atoms with E-state index in [4.69, 9.17) is 4.89 Å². The highest BCUT2D eigenvalue weighted by molar-refractivity contribution is 7.47. The van der Waals surface area contributed by atoms with Gasteiger partial charge in [-0.1, -0.05) is 59.7 Å². The van der Waals surface area contributed by atoms with Crippen molar-refractivity contribution in [1.82, 2.24) is 0 Å². The molecule has 0 saturated carbocycles. The first kappa shape index (κ1) is 25.2. The van der Waals surface area contributed by atoms with Gasteiger partial charge in [0.1, 0.15) is 0 Å². The highest BCUT2D eigenvalue weighted by atomic mass is 31.2. The van der Waals surface area contributed by atoms with E-state index in [1.807, 2.05) is 0 Å². The molecule has 0 heterocycles. The molecule has 1 unspecified atom stereocenters. The van der Waals surface area contributed by atoms with Crippen molar-refractivity contribution in [1.29, 1.82) is 0 Å². The Morgan fingerprint density at radius 2 is 1.43 bits per heavy atom. The Morgan fingerprint density at radius 1 is 0.964 bits per heavy atom. The summed E-state index contributed by atoms with van der Waals surface area (Å²) in [5.41, 5.74) is 3.43. The summed E-state index contributed by atoms with van der Waals surface area (Å²) < 4.78 is 55.0. The fourth-order valence-corrected chi connectivity index (χ4v) is 3.31. The van der Waals surface area contributed by atoms with Crippen molar-refractivity contribution in [3.05, 3.63) is 34.9 Å². The van der Waals surface area contributed by atoms with Gasteiger partial charge < -0.3 is 4.89 Å². The minimum absolute atomic E-state index is 0.00751. The quantitative estimate of drug-likeness (QED) is 0.338. The van der Waals surface area contributed by atoms with Crippen LogP contribution in [0.2, 0.25) is 0 Å². The average molecular weight is 424 g/mol. The van der Waals surface area contributed by atoms with Crippen LogP contribution in [0.3, 0.4) is 0 Å². The first-order valence-corrected chi connectivity index (χ1v) is 11.0. The second kappa shape index (κ2) is 9.29. The van der Waals surface area contributed by atoms with Gasteiger partial charge in [-0.3, -0.25) is 4.52 Å². The van der Waals surface area contributed by atoms with Crippen LogP contribution in [-0.2, 0) is 30.9 Å². The third kappa shape index (κ3) is 7.86. The third-order valence-corrected chi connectivity index (χ3v) is 6.35. The molecule has 0 aliphatic rings. The van der Waals surface area contributed by atoms with Gasteiger partial charge in [-0.25, -0.2) is 4.57 Å². The van der Waals surface area contributed by atoms with Crippen LogP contribution in [0.1, 0.15) is 77.5 Å². The molecular weight excluding hydrogens is 392 g/mol.